The van der Waals surface area contributed by atoms with E-state index in [4.69, 9.17) is 16.3 Å². The van der Waals surface area contributed by atoms with Gasteiger partial charge in [-0.15, -0.1) is 0 Å². The van der Waals surface area contributed by atoms with Crippen LogP contribution in [0.2, 0.25) is 5.02 Å². The number of carbonyl (C=O) groups is 1. The minimum Gasteiger partial charge on any atom is -0.504 e. The molecule has 3 heterocycles. The molecule has 134 valence electrons. The summed E-state index contributed by atoms with van der Waals surface area (Å²) in [5.41, 5.74) is 2.28. The number of methoxy groups -OCH3 is 1. The number of phenols is 1. The zero-order valence-electron chi connectivity index (χ0n) is 14.3. The smallest absolute Gasteiger partial charge is 0.210 e. The molecule has 4 rings (SSSR count). The van der Waals surface area contributed by atoms with E-state index in [1.54, 1.807) is 33.9 Å². The van der Waals surface area contributed by atoms with E-state index in [-0.39, 0.29) is 5.75 Å². The molecule has 1 aromatic carbocycles. The Bertz CT molecular complexity index is 1020. The van der Waals surface area contributed by atoms with Gasteiger partial charge in [-0.1, -0.05) is 11.6 Å². The molecule has 26 heavy (non-hydrogen) atoms. The van der Waals surface area contributed by atoms with Crippen LogP contribution in [0.5, 0.6) is 11.5 Å². The Morgan fingerprint density at radius 3 is 2.92 bits per heavy atom. The lowest BCUT2D eigenvalue weighted by atomic mass is 9.79. The summed E-state index contributed by atoms with van der Waals surface area (Å²) in [5.74, 6) is 0.435. The average molecular weight is 373 g/mol. The number of amides is 1. The van der Waals surface area contributed by atoms with Crippen molar-refractivity contribution in [3.05, 3.63) is 52.4 Å². The van der Waals surface area contributed by atoms with E-state index in [0.717, 1.165) is 17.5 Å². The summed E-state index contributed by atoms with van der Waals surface area (Å²) in [6.45, 7) is 2.44. The highest BCUT2D eigenvalue weighted by Gasteiger charge is 2.42. The van der Waals surface area contributed by atoms with Crippen molar-refractivity contribution in [1.82, 2.24) is 19.5 Å². The number of rotatable bonds is 3. The molecule has 1 amide bonds. The maximum atomic E-state index is 11.8. The van der Waals surface area contributed by atoms with Crippen molar-refractivity contribution < 1.29 is 14.6 Å². The zero-order valence-corrected chi connectivity index (χ0v) is 15.1. The number of phenolic OH excluding ortho intramolecular Hbond substituents is 1. The van der Waals surface area contributed by atoms with Crippen LogP contribution in [0.1, 0.15) is 23.7 Å². The van der Waals surface area contributed by atoms with Crippen LogP contribution in [-0.4, -0.2) is 44.7 Å². The molecule has 1 aliphatic rings. The van der Waals surface area contributed by atoms with Crippen molar-refractivity contribution in [3.63, 3.8) is 0 Å². The average Bonchev–Trinajstić information content (AvgIpc) is 3.05. The molecular weight excluding hydrogens is 356 g/mol. The van der Waals surface area contributed by atoms with E-state index in [9.17, 15) is 9.90 Å². The van der Waals surface area contributed by atoms with Crippen LogP contribution in [0.25, 0.3) is 5.65 Å². The second-order valence-electron chi connectivity index (χ2n) is 6.41. The molecule has 0 bridgehead atoms. The van der Waals surface area contributed by atoms with Gasteiger partial charge < -0.3 is 14.7 Å². The van der Waals surface area contributed by atoms with Crippen molar-refractivity contribution in [2.24, 2.45) is 0 Å². The Labute approximate surface area is 154 Å². The Kier molecular flexibility index (Phi) is 3.77. The number of benzene rings is 1. The predicted molar refractivity (Wildman–Crippen MR) is 95.6 cm³/mol. The van der Waals surface area contributed by atoms with Crippen molar-refractivity contribution in [2.75, 3.05) is 13.7 Å². The first-order chi connectivity index (χ1) is 12.5. The van der Waals surface area contributed by atoms with Crippen LogP contribution in [-0.2, 0) is 16.8 Å². The first-order valence-electron chi connectivity index (χ1n) is 8.11. The molecule has 0 spiro atoms. The van der Waals surface area contributed by atoms with Gasteiger partial charge in [0.2, 0.25) is 6.41 Å². The number of aromatic nitrogens is 3. The van der Waals surface area contributed by atoms with Gasteiger partial charge in [0.1, 0.15) is 5.54 Å². The molecule has 1 atom stereocenters. The number of ether oxygens (including phenoxy) is 1. The molecule has 2 aromatic heterocycles. The van der Waals surface area contributed by atoms with Gasteiger partial charge in [0.15, 0.2) is 17.1 Å². The summed E-state index contributed by atoms with van der Waals surface area (Å²) in [6.07, 6.45) is 4.69. The van der Waals surface area contributed by atoms with Gasteiger partial charge >= 0.3 is 0 Å². The van der Waals surface area contributed by atoms with Crippen LogP contribution in [0.15, 0.2) is 30.6 Å². The third-order valence-electron chi connectivity index (χ3n) is 5.03. The van der Waals surface area contributed by atoms with E-state index in [0.29, 0.717) is 35.1 Å². The molecule has 7 nitrogen and oxygen atoms in total. The standard InChI is InChI=1S/C18H17ClN4O3/c1-18(16-7-17-20-8-12(19)9-23(17)21-16)13-6-15(26-2)14(25)5-11(13)3-4-22(18)10-24/h5-10,25H,3-4H2,1-2H3. The zero-order chi connectivity index (χ0) is 18.5. The fourth-order valence-corrected chi connectivity index (χ4v) is 3.73. The molecule has 1 N–H and O–H groups in total. The Hall–Kier alpha value is -2.80. The van der Waals surface area contributed by atoms with Gasteiger partial charge in [0.05, 0.1) is 24.0 Å². The molecule has 0 fully saturated rings. The monoisotopic (exact) mass is 372 g/mol. The van der Waals surface area contributed by atoms with Crippen molar-refractivity contribution in [3.8, 4) is 11.5 Å². The number of carbonyl (C=O) groups excluding carboxylic acids is 1. The number of halogens is 1. The number of hydrogen-bond acceptors (Lipinski definition) is 5. The largest absolute Gasteiger partial charge is 0.504 e. The molecule has 0 saturated carbocycles. The molecule has 1 aliphatic heterocycles. The summed E-state index contributed by atoms with van der Waals surface area (Å²) in [7, 11) is 1.50. The van der Waals surface area contributed by atoms with E-state index < -0.39 is 5.54 Å². The Morgan fingerprint density at radius 2 is 2.19 bits per heavy atom. The highest BCUT2D eigenvalue weighted by atomic mass is 35.5. The topological polar surface area (TPSA) is 80.0 Å². The third kappa shape index (κ3) is 2.31. The molecule has 3 aromatic rings. The van der Waals surface area contributed by atoms with E-state index in [2.05, 4.69) is 10.1 Å². The highest BCUT2D eigenvalue weighted by Crippen LogP contribution is 2.43. The van der Waals surface area contributed by atoms with Gasteiger partial charge in [-0.2, -0.15) is 5.10 Å². The quantitative estimate of drug-likeness (QED) is 0.714. The van der Waals surface area contributed by atoms with Gasteiger partial charge in [0, 0.05) is 18.8 Å². The summed E-state index contributed by atoms with van der Waals surface area (Å²) in [5, 5.41) is 15.2. The summed E-state index contributed by atoms with van der Waals surface area (Å²) >= 11 is 6.01. The van der Waals surface area contributed by atoms with Gasteiger partial charge in [-0.05, 0) is 36.6 Å². The van der Waals surface area contributed by atoms with Crippen LogP contribution in [0.3, 0.4) is 0 Å². The number of aromatic hydroxyl groups is 1. The first-order valence-corrected chi connectivity index (χ1v) is 8.49. The predicted octanol–water partition coefficient (Wildman–Crippen LogP) is 2.37. The summed E-state index contributed by atoms with van der Waals surface area (Å²) < 4.78 is 6.87. The third-order valence-corrected chi connectivity index (χ3v) is 5.23. The van der Waals surface area contributed by atoms with Crippen molar-refractivity contribution in [1.29, 1.82) is 0 Å². The van der Waals surface area contributed by atoms with Gasteiger partial charge in [-0.25, -0.2) is 9.50 Å². The molecule has 0 saturated heterocycles. The SMILES string of the molecule is COc1cc2c(cc1O)CCN(C=O)C2(C)c1cc2ncc(Cl)cn2n1. The lowest BCUT2D eigenvalue weighted by Gasteiger charge is -2.43. The summed E-state index contributed by atoms with van der Waals surface area (Å²) in [4.78, 5) is 17.8. The Balaban J connectivity index is 1.98. The lowest BCUT2D eigenvalue weighted by molar-refractivity contribution is -0.123. The van der Waals surface area contributed by atoms with Crippen molar-refractivity contribution >= 4 is 23.7 Å². The normalized spacial score (nSPS) is 19.4. The van der Waals surface area contributed by atoms with Crippen LogP contribution in [0, 0.1) is 0 Å². The second kappa shape index (κ2) is 5.88. The maximum absolute atomic E-state index is 11.8. The number of fused-ring (bicyclic) bond motifs is 2. The van der Waals surface area contributed by atoms with E-state index in [1.165, 1.54) is 7.11 Å². The van der Waals surface area contributed by atoms with E-state index >= 15 is 0 Å². The number of hydrogen-bond donors (Lipinski definition) is 1. The summed E-state index contributed by atoms with van der Waals surface area (Å²) in [6, 6.07) is 5.30. The minimum absolute atomic E-state index is 0.0802. The maximum Gasteiger partial charge on any atom is 0.210 e. The van der Waals surface area contributed by atoms with Crippen LogP contribution >= 0.6 is 11.6 Å². The highest BCUT2D eigenvalue weighted by molar-refractivity contribution is 6.30. The molecule has 8 heteroatoms. The minimum atomic E-state index is -0.823. The van der Waals surface area contributed by atoms with Crippen LogP contribution < -0.4 is 4.74 Å². The molecule has 1 unspecified atom stereocenters. The van der Waals surface area contributed by atoms with Crippen molar-refractivity contribution in [2.45, 2.75) is 18.9 Å². The molecule has 0 aliphatic carbocycles. The first kappa shape index (κ1) is 16.7. The number of nitrogens with zero attached hydrogens (tertiary/aromatic N) is 4. The van der Waals surface area contributed by atoms with Gasteiger partial charge in [0.25, 0.3) is 0 Å². The second-order valence-corrected chi connectivity index (χ2v) is 6.84. The molecule has 0 radical (unpaired) electrons. The fourth-order valence-electron chi connectivity index (χ4n) is 3.59. The molecular formula is C18H17ClN4O3. The van der Waals surface area contributed by atoms with Gasteiger partial charge in [-0.3, -0.25) is 4.79 Å². The fraction of sp³-hybridized carbons (Fsp3) is 0.278. The lowest BCUT2D eigenvalue weighted by Crippen LogP contribution is -2.49. The van der Waals surface area contributed by atoms with Crippen LogP contribution in [0.4, 0.5) is 0 Å². The van der Waals surface area contributed by atoms with E-state index in [1.807, 2.05) is 13.0 Å². The Morgan fingerprint density at radius 1 is 1.38 bits per heavy atom.